The normalized spacial score (nSPS) is 28.0. The van der Waals surface area contributed by atoms with E-state index in [4.69, 9.17) is 4.74 Å². The van der Waals surface area contributed by atoms with Gasteiger partial charge in [0.05, 0.1) is 11.6 Å². The molecule has 0 spiro atoms. The second kappa shape index (κ2) is 8.56. The standard InChI is InChI=1S/C27H35NO2/c1-6-20-12-14-21(15-13-20)26(29)23-16-28(24-11-9-8-10-22(23)24)27-19(5)17(3)18(4)25(7-2)30-27/h8-19,25-27,29H,6-7H2,1-5H3/t17-,18-,19+,25+,26?,27+/m0/s1. The quantitative estimate of drug-likeness (QED) is 0.526. The summed E-state index contributed by atoms with van der Waals surface area (Å²) in [5, 5.41) is 12.4. The Morgan fingerprint density at radius 2 is 1.63 bits per heavy atom. The van der Waals surface area contributed by atoms with Crippen LogP contribution in [0.5, 0.6) is 0 Å². The van der Waals surface area contributed by atoms with Crippen LogP contribution in [0.4, 0.5) is 0 Å². The van der Waals surface area contributed by atoms with Crippen molar-refractivity contribution < 1.29 is 9.84 Å². The number of rotatable bonds is 5. The average molecular weight is 406 g/mol. The van der Waals surface area contributed by atoms with E-state index in [0.717, 1.165) is 34.9 Å². The molecular weight excluding hydrogens is 370 g/mol. The van der Waals surface area contributed by atoms with Gasteiger partial charge in [0.1, 0.15) is 12.3 Å². The van der Waals surface area contributed by atoms with Crippen molar-refractivity contribution in [2.75, 3.05) is 0 Å². The lowest BCUT2D eigenvalue weighted by molar-refractivity contribution is -0.166. The summed E-state index contributed by atoms with van der Waals surface area (Å²) in [5.74, 6) is 1.52. The third-order valence-corrected chi connectivity index (χ3v) is 7.46. The minimum Gasteiger partial charge on any atom is -0.384 e. The van der Waals surface area contributed by atoms with E-state index in [0.29, 0.717) is 17.8 Å². The van der Waals surface area contributed by atoms with E-state index in [1.807, 2.05) is 18.2 Å². The molecule has 1 aromatic heterocycles. The van der Waals surface area contributed by atoms with Crippen molar-refractivity contribution in [2.24, 2.45) is 17.8 Å². The van der Waals surface area contributed by atoms with Gasteiger partial charge >= 0.3 is 0 Å². The van der Waals surface area contributed by atoms with Gasteiger partial charge in [-0.1, -0.05) is 77.1 Å². The van der Waals surface area contributed by atoms with Crippen molar-refractivity contribution in [1.29, 1.82) is 0 Å². The van der Waals surface area contributed by atoms with Crippen molar-refractivity contribution in [3.8, 4) is 0 Å². The highest BCUT2D eigenvalue weighted by molar-refractivity contribution is 5.85. The van der Waals surface area contributed by atoms with Gasteiger partial charge < -0.3 is 14.4 Å². The van der Waals surface area contributed by atoms with Crippen LogP contribution in [0.2, 0.25) is 0 Å². The summed E-state index contributed by atoms with van der Waals surface area (Å²) >= 11 is 0. The van der Waals surface area contributed by atoms with Crippen molar-refractivity contribution in [2.45, 2.75) is 65.9 Å². The Morgan fingerprint density at radius 1 is 0.933 bits per heavy atom. The van der Waals surface area contributed by atoms with Gasteiger partial charge in [0.2, 0.25) is 0 Å². The van der Waals surface area contributed by atoms with Crippen LogP contribution in [-0.2, 0) is 11.2 Å². The maximum Gasteiger partial charge on any atom is 0.137 e. The fourth-order valence-electron chi connectivity index (χ4n) is 5.07. The van der Waals surface area contributed by atoms with Gasteiger partial charge in [-0.15, -0.1) is 0 Å². The summed E-state index contributed by atoms with van der Waals surface area (Å²) in [6.07, 6.45) is 3.74. The minimum absolute atomic E-state index is 0.0190. The molecule has 2 aromatic carbocycles. The van der Waals surface area contributed by atoms with Crippen molar-refractivity contribution in [3.63, 3.8) is 0 Å². The molecule has 1 aliphatic rings. The number of fused-ring (bicyclic) bond motifs is 1. The Morgan fingerprint density at radius 3 is 2.30 bits per heavy atom. The van der Waals surface area contributed by atoms with Crippen LogP contribution < -0.4 is 0 Å². The molecular formula is C27H35NO2. The molecule has 3 aromatic rings. The van der Waals surface area contributed by atoms with Crippen molar-refractivity contribution in [1.82, 2.24) is 4.57 Å². The number of hydrogen-bond donors (Lipinski definition) is 1. The third kappa shape index (κ3) is 3.59. The molecule has 30 heavy (non-hydrogen) atoms. The summed E-state index contributed by atoms with van der Waals surface area (Å²) < 4.78 is 8.90. The smallest absolute Gasteiger partial charge is 0.137 e. The zero-order valence-corrected chi connectivity index (χ0v) is 18.9. The minimum atomic E-state index is -0.653. The number of aliphatic hydroxyl groups is 1. The second-order valence-electron chi connectivity index (χ2n) is 9.06. The first-order chi connectivity index (χ1) is 14.5. The largest absolute Gasteiger partial charge is 0.384 e. The molecule has 0 radical (unpaired) electrons. The molecule has 0 aliphatic carbocycles. The molecule has 1 fully saturated rings. The van der Waals surface area contributed by atoms with E-state index in [2.05, 4.69) is 75.7 Å². The molecule has 160 valence electrons. The van der Waals surface area contributed by atoms with E-state index in [1.165, 1.54) is 5.56 Å². The Kier molecular flexibility index (Phi) is 6.04. The van der Waals surface area contributed by atoms with Crippen LogP contribution in [0.25, 0.3) is 10.9 Å². The van der Waals surface area contributed by atoms with Gasteiger partial charge in [-0.3, -0.25) is 0 Å². The molecule has 3 heteroatoms. The number of nitrogens with zero attached hydrogens (tertiary/aromatic N) is 1. The van der Waals surface area contributed by atoms with Crippen LogP contribution in [0.1, 0.15) is 70.1 Å². The Balaban J connectivity index is 1.77. The van der Waals surface area contributed by atoms with E-state index < -0.39 is 6.10 Å². The van der Waals surface area contributed by atoms with Crippen LogP contribution in [0.3, 0.4) is 0 Å². The van der Waals surface area contributed by atoms with Gasteiger partial charge in [0.25, 0.3) is 0 Å². The topological polar surface area (TPSA) is 34.4 Å². The molecule has 1 saturated heterocycles. The second-order valence-corrected chi connectivity index (χ2v) is 9.06. The van der Waals surface area contributed by atoms with E-state index in [-0.39, 0.29) is 12.3 Å². The number of hydrogen-bond acceptors (Lipinski definition) is 2. The predicted molar refractivity (Wildman–Crippen MR) is 124 cm³/mol. The summed E-state index contributed by atoms with van der Waals surface area (Å²) in [7, 11) is 0. The molecule has 0 saturated carbocycles. The molecule has 1 N–H and O–H groups in total. The summed E-state index contributed by atoms with van der Waals surface area (Å²) in [4.78, 5) is 0. The fourth-order valence-corrected chi connectivity index (χ4v) is 5.07. The average Bonchev–Trinajstić information content (AvgIpc) is 3.17. The lowest BCUT2D eigenvalue weighted by Gasteiger charge is -2.44. The number of aromatic nitrogens is 1. The lowest BCUT2D eigenvalue weighted by Crippen LogP contribution is -2.42. The van der Waals surface area contributed by atoms with Gasteiger partial charge in [0, 0.05) is 23.1 Å². The molecule has 4 rings (SSSR count). The Labute approximate surface area is 180 Å². The third-order valence-electron chi connectivity index (χ3n) is 7.46. The van der Waals surface area contributed by atoms with E-state index >= 15 is 0 Å². The van der Waals surface area contributed by atoms with E-state index in [9.17, 15) is 5.11 Å². The summed E-state index contributed by atoms with van der Waals surface area (Å²) in [6.45, 7) is 11.3. The van der Waals surface area contributed by atoms with E-state index in [1.54, 1.807) is 0 Å². The predicted octanol–water partition coefficient (Wildman–Crippen LogP) is 6.50. The molecule has 0 amide bonds. The van der Waals surface area contributed by atoms with Gasteiger partial charge in [-0.05, 0) is 41.9 Å². The molecule has 1 aliphatic heterocycles. The molecule has 6 atom stereocenters. The first-order valence-electron chi connectivity index (χ1n) is 11.5. The molecule has 3 nitrogen and oxygen atoms in total. The fraction of sp³-hybridized carbons (Fsp3) is 0.481. The summed E-state index contributed by atoms with van der Waals surface area (Å²) in [5.41, 5.74) is 4.29. The maximum absolute atomic E-state index is 11.3. The zero-order valence-electron chi connectivity index (χ0n) is 18.9. The number of para-hydroxylation sites is 1. The van der Waals surface area contributed by atoms with Crippen molar-refractivity contribution in [3.05, 3.63) is 71.4 Å². The SMILES string of the molecule is CCc1ccc(C(O)c2cn([C@@H]3O[C@H](CC)[C@@H](C)[C@H](C)[C@H]3C)c3ccccc23)cc1. The number of aryl methyl sites for hydroxylation is 1. The number of ether oxygens (including phenoxy) is 1. The maximum atomic E-state index is 11.3. The first kappa shape index (κ1) is 21.1. The van der Waals surface area contributed by atoms with Gasteiger partial charge in [0.15, 0.2) is 0 Å². The molecule has 2 heterocycles. The molecule has 0 bridgehead atoms. The highest BCUT2D eigenvalue weighted by atomic mass is 16.5. The number of aliphatic hydroxyl groups excluding tert-OH is 1. The highest BCUT2D eigenvalue weighted by Crippen LogP contribution is 2.43. The summed E-state index contributed by atoms with van der Waals surface area (Å²) in [6, 6.07) is 16.7. The first-order valence-corrected chi connectivity index (χ1v) is 11.5. The van der Waals surface area contributed by atoms with Crippen LogP contribution >= 0.6 is 0 Å². The Bertz CT molecular complexity index is 988. The lowest BCUT2D eigenvalue weighted by atomic mass is 9.77. The van der Waals surface area contributed by atoms with Gasteiger partial charge in [-0.25, -0.2) is 0 Å². The monoisotopic (exact) mass is 405 g/mol. The molecule has 1 unspecified atom stereocenters. The zero-order chi connectivity index (χ0) is 21.4. The van der Waals surface area contributed by atoms with Crippen LogP contribution in [0, 0.1) is 17.8 Å². The van der Waals surface area contributed by atoms with Crippen LogP contribution in [-0.4, -0.2) is 15.8 Å². The highest BCUT2D eigenvalue weighted by Gasteiger charge is 2.39. The Hall–Kier alpha value is -2.10. The number of benzene rings is 2. The van der Waals surface area contributed by atoms with Gasteiger partial charge in [-0.2, -0.15) is 0 Å². The van der Waals surface area contributed by atoms with Crippen molar-refractivity contribution >= 4 is 10.9 Å². The van der Waals surface area contributed by atoms with Crippen LogP contribution in [0.15, 0.2) is 54.7 Å².